The smallest absolute Gasteiger partial charge is 0.00953 e. The Bertz CT molecular complexity index is 264. The van der Waals surface area contributed by atoms with Gasteiger partial charge >= 0.3 is 0 Å². The fraction of sp³-hybridized carbons (Fsp3) is 0.692. The van der Waals surface area contributed by atoms with Gasteiger partial charge in [0.05, 0.1) is 0 Å². The molecule has 1 heterocycles. The lowest BCUT2D eigenvalue weighted by Crippen LogP contribution is -2.32. The van der Waals surface area contributed by atoms with Gasteiger partial charge < -0.3 is 5.32 Å². The minimum atomic E-state index is 0.800. The molecule has 1 fully saturated rings. The molecule has 0 saturated heterocycles. The molecule has 1 aliphatic rings. The topological polar surface area (TPSA) is 12.0 Å². The van der Waals surface area contributed by atoms with Crippen molar-refractivity contribution in [2.24, 2.45) is 5.92 Å². The van der Waals surface area contributed by atoms with E-state index in [0.717, 1.165) is 18.5 Å². The van der Waals surface area contributed by atoms with E-state index in [1.807, 2.05) is 0 Å². The Hall–Kier alpha value is -0.340. The zero-order chi connectivity index (χ0) is 10.5. The summed E-state index contributed by atoms with van der Waals surface area (Å²) < 4.78 is 0. The number of hydrogen-bond donors (Lipinski definition) is 1. The van der Waals surface area contributed by atoms with E-state index in [4.69, 9.17) is 0 Å². The highest BCUT2D eigenvalue weighted by Gasteiger charge is 2.29. The molecule has 0 bridgehead atoms. The van der Waals surface area contributed by atoms with Gasteiger partial charge in [-0.2, -0.15) is 11.3 Å². The van der Waals surface area contributed by atoms with E-state index in [1.54, 1.807) is 11.3 Å². The highest BCUT2D eigenvalue weighted by Crippen LogP contribution is 2.34. The van der Waals surface area contributed by atoms with Gasteiger partial charge in [0.2, 0.25) is 0 Å². The van der Waals surface area contributed by atoms with Crippen LogP contribution in [0.25, 0.3) is 0 Å². The standard InChI is InChI=1S/C13H21NS/c1-2-3-13(12-4-5-12)14-8-6-11-7-9-15-10-11/h7,9-10,12-14H,2-6,8H2,1H3. The van der Waals surface area contributed by atoms with Crippen LogP contribution >= 0.6 is 11.3 Å². The van der Waals surface area contributed by atoms with Crippen molar-refractivity contribution in [3.8, 4) is 0 Å². The maximum absolute atomic E-state index is 3.73. The summed E-state index contributed by atoms with van der Waals surface area (Å²) in [6.07, 6.45) is 6.77. The molecule has 0 aliphatic heterocycles. The second-order valence-electron chi connectivity index (χ2n) is 4.57. The predicted molar refractivity (Wildman–Crippen MR) is 67.4 cm³/mol. The molecule has 1 unspecified atom stereocenters. The Balaban J connectivity index is 1.66. The quantitative estimate of drug-likeness (QED) is 0.746. The molecule has 1 aromatic heterocycles. The number of thiophene rings is 1. The van der Waals surface area contributed by atoms with E-state index < -0.39 is 0 Å². The van der Waals surface area contributed by atoms with E-state index >= 15 is 0 Å². The van der Waals surface area contributed by atoms with Gasteiger partial charge in [0, 0.05) is 6.04 Å². The molecule has 1 atom stereocenters. The molecular weight excluding hydrogens is 202 g/mol. The first-order chi connectivity index (χ1) is 7.40. The fourth-order valence-corrected chi connectivity index (χ4v) is 2.85. The third-order valence-corrected chi connectivity index (χ3v) is 3.92. The lowest BCUT2D eigenvalue weighted by molar-refractivity contribution is 0.434. The largest absolute Gasteiger partial charge is 0.313 e. The molecule has 1 saturated carbocycles. The average Bonchev–Trinajstić information content (AvgIpc) is 2.96. The third kappa shape index (κ3) is 3.62. The zero-order valence-corrected chi connectivity index (χ0v) is 10.4. The first-order valence-corrected chi connectivity index (χ1v) is 7.09. The molecule has 2 rings (SSSR count). The van der Waals surface area contributed by atoms with Gasteiger partial charge in [0.1, 0.15) is 0 Å². The summed E-state index contributed by atoms with van der Waals surface area (Å²) in [6.45, 7) is 3.44. The van der Waals surface area contributed by atoms with E-state index in [0.29, 0.717) is 0 Å². The molecular formula is C13H21NS. The Labute approximate surface area is 96.9 Å². The van der Waals surface area contributed by atoms with Crippen LogP contribution < -0.4 is 5.32 Å². The molecule has 0 radical (unpaired) electrons. The first kappa shape index (κ1) is 11.2. The van der Waals surface area contributed by atoms with Crippen LogP contribution in [0.3, 0.4) is 0 Å². The van der Waals surface area contributed by atoms with E-state index in [2.05, 4.69) is 29.1 Å². The van der Waals surface area contributed by atoms with Crippen LogP contribution in [-0.4, -0.2) is 12.6 Å². The van der Waals surface area contributed by atoms with Crippen LogP contribution in [0.15, 0.2) is 16.8 Å². The van der Waals surface area contributed by atoms with Gasteiger partial charge in [0.25, 0.3) is 0 Å². The molecule has 0 spiro atoms. The van der Waals surface area contributed by atoms with Crippen molar-refractivity contribution in [1.82, 2.24) is 5.32 Å². The molecule has 1 N–H and O–H groups in total. The summed E-state index contributed by atoms with van der Waals surface area (Å²) >= 11 is 1.80. The Morgan fingerprint density at radius 1 is 1.53 bits per heavy atom. The van der Waals surface area contributed by atoms with Gasteiger partial charge in [-0.15, -0.1) is 0 Å². The molecule has 0 aromatic carbocycles. The maximum atomic E-state index is 3.73. The second-order valence-corrected chi connectivity index (χ2v) is 5.35. The Morgan fingerprint density at radius 2 is 2.40 bits per heavy atom. The number of nitrogens with one attached hydrogen (secondary N) is 1. The predicted octanol–water partition coefficient (Wildman–Crippen LogP) is 3.46. The SMILES string of the molecule is CCCC(NCCc1ccsc1)C1CC1. The van der Waals surface area contributed by atoms with Crippen LogP contribution in [-0.2, 0) is 6.42 Å². The van der Waals surface area contributed by atoms with Crippen molar-refractivity contribution in [3.63, 3.8) is 0 Å². The Morgan fingerprint density at radius 3 is 3.00 bits per heavy atom. The van der Waals surface area contributed by atoms with Gasteiger partial charge in [-0.25, -0.2) is 0 Å². The lowest BCUT2D eigenvalue weighted by atomic mass is 10.1. The summed E-state index contributed by atoms with van der Waals surface area (Å²) in [7, 11) is 0. The molecule has 2 heteroatoms. The van der Waals surface area contributed by atoms with E-state index in [-0.39, 0.29) is 0 Å². The Kier molecular flexibility index (Phi) is 4.21. The average molecular weight is 223 g/mol. The lowest BCUT2D eigenvalue weighted by Gasteiger charge is -2.17. The monoisotopic (exact) mass is 223 g/mol. The minimum absolute atomic E-state index is 0.800. The van der Waals surface area contributed by atoms with Crippen molar-refractivity contribution in [3.05, 3.63) is 22.4 Å². The van der Waals surface area contributed by atoms with Gasteiger partial charge in [0.15, 0.2) is 0 Å². The molecule has 0 amide bonds. The van der Waals surface area contributed by atoms with E-state index in [1.165, 1.54) is 37.7 Å². The third-order valence-electron chi connectivity index (χ3n) is 3.19. The highest BCUT2D eigenvalue weighted by molar-refractivity contribution is 7.07. The van der Waals surface area contributed by atoms with Crippen LogP contribution in [0.5, 0.6) is 0 Å². The minimum Gasteiger partial charge on any atom is -0.313 e. The molecule has 1 aromatic rings. The number of hydrogen-bond acceptors (Lipinski definition) is 2. The van der Waals surface area contributed by atoms with Gasteiger partial charge in [-0.3, -0.25) is 0 Å². The first-order valence-electron chi connectivity index (χ1n) is 6.14. The fourth-order valence-electron chi connectivity index (χ4n) is 2.15. The van der Waals surface area contributed by atoms with Crippen molar-refractivity contribution in [2.45, 2.75) is 45.1 Å². The van der Waals surface area contributed by atoms with Crippen LogP contribution in [0.4, 0.5) is 0 Å². The summed E-state index contributed by atoms with van der Waals surface area (Å²) in [4.78, 5) is 0. The maximum Gasteiger partial charge on any atom is 0.00953 e. The zero-order valence-electron chi connectivity index (χ0n) is 9.54. The van der Waals surface area contributed by atoms with Crippen molar-refractivity contribution >= 4 is 11.3 Å². The van der Waals surface area contributed by atoms with E-state index in [9.17, 15) is 0 Å². The summed E-state index contributed by atoms with van der Waals surface area (Å²) in [6, 6.07) is 3.03. The summed E-state index contributed by atoms with van der Waals surface area (Å²) in [5.74, 6) is 0.993. The summed E-state index contributed by atoms with van der Waals surface area (Å²) in [5, 5.41) is 8.15. The molecule has 15 heavy (non-hydrogen) atoms. The number of rotatable bonds is 7. The van der Waals surface area contributed by atoms with Crippen molar-refractivity contribution in [2.75, 3.05) is 6.54 Å². The van der Waals surface area contributed by atoms with Crippen molar-refractivity contribution < 1.29 is 0 Å². The summed E-state index contributed by atoms with van der Waals surface area (Å²) in [5.41, 5.74) is 1.48. The van der Waals surface area contributed by atoms with Gasteiger partial charge in [-0.05, 0) is 60.5 Å². The molecule has 1 nitrogen and oxygen atoms in total. The van der Waals surface area contributed by atoms with Gasteiger partial charge in [-0.1, -0.05) is 13.3 Å². The normalized spacial score (nSPS) is 17.9. The highest BCUT2D eigenvalue weighted by atomic mass is 32.1. The van der Waals surface area contributed by atoms with Crippen LogP contribution in [0, 0.1) is 5.92 Å². The van der Waals surface area contributed by atoms with Crippen molar-refractivity contribution in [1.29, 1.82) is 0 Å². The molecule has 1 aliphatic carbocycles. The second kappa shape index (κ2) is 5.66. The van der Waals surface area contributed by atoms with Crippen LogP contribution in [0.1, 0.15) is 38.2 Å². The molecule has 84 valence electrons. The van der Waals surface area contributed by atoms with Crippen LogP contribution in [0.2, 0.25) is 0 Å².